The third kappa shape index (κ3) is 4.36. The number of thiophene rings is 1. The molecule has 6 nitrogen and oxygen atoms in total. The number of nitrogens with one attached hydrogen (secondary N) is 1. The van der Waals surface area contributed by atoms with Crippen LogP contribution in [0.1, 0.15) is 14.5 Å². The molecular weight excluding hydrogens is 282 g/mol. The summed E-state index contributed by atoms with van der Waals surface area (Å²) >= 11 is 1.24. The summed E-state index contributed by atoms with van der Waals surface area (Å²) in [6, 6.07) is 0.610. The summed E-state index contributed by atoms with van der Waals surface area (Å²) in [6.07, 6.45) is 1.51. The van der Waals surface area contributed by atoms with Gasteiger partial charge in [0.25, 0.3) is 5.91 Å². The van der Waals surface area contributed by atoms with Gasteiger partial charge in [0, 0.05) is 4.88 Å². The van der Waals surface area contributed by atoms with Gasteiger partial charge in [0.15, 0.2) is 6.04 Å². The molecule has 0 aliphatic heterocycles. The van der Waals surface area contributed by atoms with Gasteiger partial charge in [-0.2, -0.15) is 0 Å². The van der Waals surface area contributed by atoms with Gasteiger partial charge in [0.2, 0.25) is 0 Å². The first-order valence-electron chi connectivity index (χ1n) is 5.86. The number of carboxylic acids is 1. The van der Waals surface area contributed by atoms with Crippen LogP contribution in [-0.4, -0.2) is 43.3 Å². The molecule has 20 heavy (non-hydrogen) atoms. The zero-order valence-corrected chi connectivity index (χ0v) is 12.2. The first-order valence-corrected chi connectivity index (χ1v) is 6.68. The normalized spacial score (nSPS) is 11.7. The number of hydrogen-bond donors (Lipinski definition) is 2. The van der Waals surface area contributed by atoms with Crippen LogP contribution in [0.2, 0.25) is 0 Å². The molecule has 2 N–H and O–H groups in total. The van der Waals surface area contributed by atoms with Crippen molar-refractivity contribution >= 4 is 23.2 Å². The quantitative estimate of drug-likeness (QED) is 0.560. The second-order valence-corrected chi connectivity index (χ2v) is 5.20. The van der Waals surface area contributed by atoms with Crippen LogP contribution in [0.5, 0.6) is 5.75 Å². The van der Waals surface area contributed by atoms with E-state index in [9.17, 15) is 9.59 Å². The van der Waals surface area contributed by atoms with Crippen molar-refractivity contribution in [3.63, 3.8) is 0 Å². The number of aliphatic carboxylic acids is 1. The Hall–Kier alpha value is -1.86. The van der Waals surface area contributed by atoms with E-state index in [2.05, 4.69) is 11.9 Å². The average Bonchev–Trinajstić information content (AvgIpc) is 2.78. The van der Waals surface area contributed by atoms with Crippen LogP contribution < -0.4 is 10.1 Å². The van der Waals surface area contributed by atoms with Gasteiger partial charge in [0.1, 0.15) is 10.6 Å². The molecule has 0 radical (unpaired) electrons. The maximum atomic E-state index is 12.1. The summed E-state index contributed by atoms with van der Waals surface area (Å²) in [5.41, 5.74) is 0. The highest BCUT2D eigenvalue weighted by Gasteiger charge is 2.24. The van der Waals surface area contributed by atoms with Crippen LogP contribution in [0, 0.1) is 6.92 Å². The minimum Gasteiger partial charge on any atom is -0.495 e. The molecule has 0 saturated heterocycles. The summed E-state index contributed by atoms with van der Waals surface area (Å²) in [4.78, 5) is 24.4. The Labute approximate surface area is 121 Å². The van der Waals surface area contributed by atoms with Gasteiger partial charge in [0.05, 0.1) is 20.3 Å². The molecule has 0 aliphatic rings. The highest BCUT2D eigenvalue weighted by Crippen LogP contribution is 2.28. The maximum absolute atomic E-state index is 12.1. The Bertz CT molecular complexity index is 497. The Morgan fingerprint density at radius 3 is 2.85 bits per heavy atom. The van der Waals surface area contributed by atoms with Gasteiger partial charge in [-0.25, -0.2) is 4.79 Å². The molecule has 1 aromatic rings. The van der Waals surface area contributed by atoms with Crippen molar-refractivity contribution in [3.05, 3.63) is 28.5 Å². The van der Waals surface area contributed by atoms with E-state index in [4.69, 9.17) is 14.6 Å². The van der Waals surface area contributed by atoms with Crippen LogP contribution in [0.25, 0.3) is 0 Å². The summed E-state index contributed by atoms with van der Waals surface area (Å²) in [5.74, 6) is -1.22. The van der Waals surface area contributed by atoms with Crippen molar-refractivity contribution < 1.29 is 24.2 Å². The second kappa shape index (κ2) is 7.66. The number of carbonyl (C=O) groups excluding carboxylic acids is 1. The lowest BCUT2D eigenvalue weighted by Crippen LogP contribution is -2.43. The molecule has 0 aliphatic carbocycles. The third-order valence-electron chi connectivity index (χ3n) is 2.37. The number of carboxylic acid groups (broad SMARTS) is 1. The second-order valence-electron chi connectivity index (χ2n) is 3.94. The Morgan fingerprint density at radius 1 is 1.60 bits per heavy atom. The molecule has 0 aromatic carbocycles. The van der Waals surface area contributed by atoms with Crippen LogP contribution in [0.15, 0.2) is 18.7 Å². The Balaban J connectivity index is 2.74. The van der Waals surface area contributed by atoms with E-state index in [-0.39, 0.29) is 13.2 Å². The largest absolute Gasteiger partial charge is 0.495 e. The minimum atomic E-state index is -1.16. The molecule has 1 amide bonds. The van der Waals surface area contributed by atoms with E-state index in [1.54, 1.807) is 6.07 Å². The zero-order chi connectivity index (χ0) is 15.1. The fourth-order valence-corrected chi connectivity index (χ4v) is 2.35. The number of carbonyl (C=O) groups is 2. The van der Waals surface area contributed by atoms with Crippen LogP contribution >= 0.6 is 11.3 Å². The lowest BCUT2D eigenvalue weighted by atomic mass is 10.3. The van der Waals surface area contributed by atoms with Gasteiger partial charge in [-0.3, -0.25) is 4.79 Å². The molecule has 7 heteroatoms. The molecule has 0 bridgehead atoms. The first kappa shape index (κ1) is 16.2. The topological polar surface area (TPSA) is 84.9 Å². The van der Waals surface area contributed by atoms with Crippen molar-refractivity contribution in [1.29, 1.82) is 0 Å². The van der Waals surface area contributed by atoms with Crippen molar-refractivity contribution in [3.8, 4) is 5.75 Å². The summed E-state index contributed by atoms with van der Waals surface area (Å²) < 4.78 is 10.1. The minimum absolute atomic E-state index is 0.125. The molecule has 0 saturated carbocycles. The SMILES string of the molecule is C=CCOCC(NC(=O)c1sc(C)cc1OC)C(=O)O. The van der Waals surface area contributed by atoms with Crippen molar-refractivity contribution in [1.82, 2.24) is 5.32 Å². The van der Waals surface area contributed by atoms with Gasteiger partial charge in [-0.05, 0) is 13.0 Å². The molecule has 110 valence electrons. The first-order chi connectivity index (χ1) is 9.49. The van der Waals surface area contributed by atoms with Gasteiger partial charge in [-0.1, -0.05) is 6.08 Å². The maximum Gasteiger partial charge on any atom is 0.328 e. The van der Waals surface area contributed by atoms with Crippen LogP contribution in [0.4, 0.5) is 0 Å². The number of amides is 1. The fraction of sp³-hybridized carbons (Fsp3) is 0.385. The number of rotatable bonds is 8. The average molecular weight is 299 g/mol. The van der Waals surface area contributed by atoms with Crippen LogP contribution in [-0.2, 0) is 9.53 Å². The predicted molar refractivity (Wildman–Crippen MR) is 75.5 cm³/mol. The molecule has 0 spiro atoms. The number of aryl methyl sites for hydroxylation is 1. The standard InChI is InChI=1S/C13H17NO5S/c1-4-5-19-7-9(13(16)17)14-12(15)11-10(18-3)6-8(2)20-11/h4,6,9H,1,5,7H2,2-3H3,(H,14,15)(H,16,17). The Kier molecular flexibility index (Phi) is 6.20. The molecule has 1 aromatic heterocycles. The predicted octanol–water partition coefficient (Wildman–Crippen LogP) is 1.45. The van der Waals surface area contributed by atoms with E-state index < -0.39 is 17.9 Å². The van der Waals surface area contributed by atoms with E-state index in [1.807, 2.05) is 6.92 Å². The molecule has 1 rings (SSSR count). The molecule has 1 unspecified atom stereocenters. The highest BCUT2D eigenvalue weighted by molar-refractivity contribution is 7.14. The van der Waals surface area contributed by atoms with Gasteiger partial charge >= 0.3 is 5.97 Å². The van der Waals surface area contributed by atoms with Crippen molar-refractivity contribution in [2.75, 3.05) is 20.3 Å². The number of methoxy groups -OCH3 is 1. The number of ether oxygens (including phenoxy) is 2. The highest BCUT2D eigenvalue weighted by atomic mass is 32.1. The molecule has 0 fully saturated rings. The molecule has 1 heterocycles. The monoisotopic (exact) mass is 299 g/mol. The van der Waals surface area contributed by atoms with Gasteiger partial charge < -0.3 is 19.9 Å². The zero-order valence-electron chi connectivity index (χ0n) is 11.3. The summed E-state index contributed by atoms with van der Waals surface area (Å²) in [6.45, 7) is 5.40. The van der Waals surface area contributed by atoms with Gasteiger partial charge in [-0.15, -0.1) is 17.9 Å². The fourth-order valence-electron chi connectivity index (χ4n) is 1.47. The lowest BCUT2D eigenvalue weighted by Gasteiger charge is -2.14. The Morgan fingerprint density at radius 2 is 2.30 bits per heavy atom. The van der Waals surface area contributed by atoms with E-state index in [1.165, 1.54) is 24.5 Å². The summed E-state index contributed by atoms with van der Waals surface area (Å²) in [5, 5.41) is 11.5. The smallest absolute Gasteiger partial charge is 0.328 e. The number of hydrogen-bond acceptors (Lipinski definition) is 5. The molecular formula is C13H17NO5S. The van der Waals surface area contributed by atoms with Crippen molar-refractivity contribution in [2.24, 2.45) is 0 Å². The summed E-state index contributed by atoms with van der Waals surface area (Å²) in [7, 11) is 1.46. The van der Waals surface area contributed by atoms with Crippen LogP contribution in [0.3, 0.4) is 0 Å². The molecule has 1 atom stereocenters. The lowest BCUT2D eigenvalue weighted by molar-refractivity contribution is -0.140. The van der Waals surface area contributed by atoms with E-state index in [0.717, 1.165) is 4.88 Å². The third-order valence-corrected chi connectivity index (χ3v) is 3.40. The van der Waals surface area contributed by atoms with E-state index >= 15 is 0 Å². The van der Waals surface area contributed by atoms with Crippen molar-refractivity contribution in [2.45, 2.75) is 13.0 Å². The van der Waals surface area contributed by atoms with E-state index in [0.29, 0.717) is 10.6 Å².